The Morgan fingerprint density at radius 1 is 1.00 bits per heavy atom. The molecule has 4 heteroatoms. The van der Waals surface area contributed by atoms with Crippen LogP contribution in [0.4, 0.5) is 0 Å². The van der Waals surface area contributed by atoms with Gasteiger partial charge in [0, 0.05) is 18.1 Å². The molecule has 1 aliphatic heterocycles. The highest BCUT2D eigenvalue weighted by Crippen LogP contribution is 2.37. The van der Waals surface area contributed by atoms with Crippen LogP contribution in [0.2, 0.25) is 0 Å². The summed E-state index contributed by atoms with van der Waals surface area (Å²) in [5.41, 5.74) is 4.17. The van der Waals surface area contributed by atoms with Gasteiger partial charge in [0.05, 0.1) is 11.6 Å². The van der Waals surface area contributed by atoms with Crippen molar-refractivity contribution in [3.05, 3.63) is 65.4 Å². The minimum absolute atomic E-state index is 0.0110. The Bertz CT molecular complexity index is 856. The molecule has 0 spiro atoms. The molecule has 1 unspecified atom stereocenters. The predicted molar refractivity (Wildman–Crippen MR) is 85.1 cm³/mol. The number of phenols is 2. The zero-order valence-electron chi connectivity index (χ0n) is 12.0. The van der Waals surface area contributed by atoms with Gasteiger partial charge in [-0.3, -0.25) is 4.98 Å². The molecule has 0 amide bonds. The molecule has 1 aromatic heterocycles. The van der Waals surface area contributed by atoms with Crippen LogP contribution in [0.1, 0.15) is 22.7 Å². The zero-order chi connectivity index (χ0) is 15.1. The second-order valence-corrected chi connectivity index (χ2v) is 5.59. The van der Waals surface area contributed by atoms with Crippen molar-refractivity contribution >= 4 is 10.9 Å². The van der Waals surface area contributed by atoms with Gasteiger partial charge in [-0.25, -0.2) is 0 Å². The number of fused-ring (bicyclic) bond motifs is 2. The monoisotopic (exact) mass is 292 g/mol. The average molecular weight is 292 g/mol. The van der Waals surface area contributed by atoms with Gasteiger partial charge in [0.25, 0.3) is 0 Å². The first-order chi connectivity index (χ1) is 10.7. The lowest BCUT2D eigenvalue weighted by Crippen LogP contribution is -2.30. The first-order valence-electron chi connectivity index (χ1n) is 7.36. The maximum atomic E-state index is 9.86. The van der Waals surface area contributed by atoms with Crippen molar-refractivity contribution in [2.75, 3.05) is 6.54 Å². The number of aromatic hydroxyl groups is 2. The Morgan fingerprint density at radius 3 is 2.73 bits per heavy atom. The standard InChI is InChI=1S/C18H16N2O2/c21-16-9-11-5-7-20-18(14(11)10-17(16)22)13-6-8-19-15-4-2-1-3-12(13)15/h1-4,6,8-10,18,20-22H,5,7H2. The maximum Gasteiger partial charge on any atom is 0.157 e. The second-order valence-electron chi connectivity index (χ2n) is 5.59. The molecule has 0 fully saturated rings. The smallest absolute Gasteiger partial charge is 0.157 e. The number of phenolic OH excluding ortho intramolecular Hbond substituents is 2. The van der Waals surface area contributed by atoms with Gasteiger partial charge in [-0.15, -0.1) is 0 Å². The summed E-state index contributed by atoms with van der Waals surface area (Å²) in [5, 5.41) is 24.2. The van der Waals surface area contributed by atoms with Crippen LogP contribution < -0.4 is 5.32 Å². The molecule has 0 bridgehead atoms. The fourth-order valence-electron chi connectivity index (χ4n) is 3.23. The van der Waals surface area contributed by atoms with Crippen LogP contribution in [0.5, 0.6) is 11.5 Å². The molecular weight excluding hydrogens is 276 g/mol. The van der Waals surface area contributed by atoms with Crippen LogP contribution >= 0.6 is 0 Å². The third-order valence-corrected chi connectivity index (χ3v) is 4.28. The van der Waals surface area contributed by atoms with Gasteiger partial charge >= 0.3 is 0 Å². The summed E-state index contributed by atoms with van der Waals surface area (Å²) in [7, 11) is 0. The lowest BCUT2D eigenvalue weighted by atomic mass is 9.88. The van der Waals surface area contributed by atoms with Gasteiger partial charge in [-0.1, -0.05) is 18.2 Å². The minimum Gasteiger partial charge on any atom is -0.504 e. The van der Waals surface area contributed by atoms with Crippen molar-refractivity contribution in [1.82, 2.24) is 10.3 Å². The fourth-order valence-corrected chi connectivity index (χ4v) is 3.23. The zero-order valence-corrected chi connectivity index (χ0v) is 12.0. The second kappa shape index (κ2) is 5.00. The summed E-state index contributed by atoms with van der Waals surface area (Å²) in [6, 6.07) is 13.4. The molecule has 2 aromatic carbocycles. The van der Waals surface area contributed by atoms with E-state index in [1.54, 1.807) is 12.1 Å². The Morgan fingerprint density at radius 2 is 1.82 bits per heavy atom. The van der Waals surface area contributed by atoms with Gasteiger partial charge in [0.2, 0.25) is 0 Å². The average Bonchev–Trinajstić information content (AvgIpc) is 2.55. The van der Waals surface area contributed by atoms with Crippen molar-refractivity contribution in [2.45, 2.75) is 12.5 Å². The maximum absolute atomic E-state index is 9.86. The van der Waals surface area contributed by atoms with Gasteiger partial charge < -0.3 is 15.5 Å². The van der Waals surface area contributed by atoms with Gasteiger partial charge in [0.15, 0.2) is 11.5 Å². The van der Waals surface area contributed by atoms with Crippen molar-refractivity contribution in [3.8, 4) is 11.5 Å². The normalized spacial score (nSPS) is 17.4. The molecule has 0 saturated carbocycles. The van der Waals surface area contributed by atoms with Crippen molar-refractivity contribution in [2.24, 2.45) is 0 Å². The molecule has 0 saturated heterocycles. The Labute approximate surface area is 128 Å². The number of rotatable bonds is 1. The molecule has 22 heavy (non-hydrogen) atoms. The predicted octanol–water partition coefficient (Wildman–Crippen LogP) is 2.88. The van der Waals surface area contributed by atoms with Crippen molar-refractivity contribution < 1.29 is 10.2 Å². The molecule has 3 N–H and O–H groups in total. The molecule has 4 nitrogen and oxygen atoms in total. The Balaban J connectivity index is 1.93. The van der Waals surface area contributed by atoms with Crippen LogP contribution in [-0.4, -0.2) is 21.7 Å². The summed E-state index contributed by atoms with van der Waals surface area (Å²) in [4.78, 5) is 4.41. The highest BCUT2D eigenvalue weighted by molar-refractivity contribution is 5.83. The first-order valence-corrected chi connectivity index (χ1v) is 7.36. The summed E-state index contributed by atoms with van der Waals surface area (Å²) < 4.78 is 0. The van der Waals surface area contributed by atoms with Crippen molar-refractivity contribution in [3.63, 3.8) is 0 Å². The number of benzene rings is 2. The quantitative estimate of drug-likeness (QED) is 0.603. The SMILES string of the molecule is Oc1cc2c(cc1O)C(c1ccnc3ccccc13)NCC2. The number of pyridine rings is 1. The molecular formula is C18H16N2O2. The van der Waals surface area contributed by atoms with E-state index < -0.39 is 0 Å². The van der Waals surface area contributed by atoms with Crippen LogP contribution in [0.25, 0.3) is 10.9 Å². The Hall–Kier alpha value is -2.59. The molecule has 2 heterocycles. The highest BCUT2D eigenvalue weighted by Gasteiger charge is 2.24. The lowest BCUT2D eigenvalue weighted by Gasteiger charge is -2.28. The Kier molecular flexibility index (Phi) is 2.98. The van der Waals surface area contributed by atoms with Crippen LogP contribution in [0.3, 0.4) is 0 Å². The number of para-hydroxylation sites is 1. The highest BCUT2D eigenvalue weighted by atomic mass is 16.3. The number of aromatic nitrogens is 1. The van der Waals surface area contributed by atoms with E-state index in [1.807, 2.05) is 30.5 Å². The van der Waals surface area contributed by atoms with Gasteiger partial charge in [0.1, 0.15) is 0 Å². The molecule has 3 aromatic rings. The van der Waals surface area contributed by atoms with Gasteiger partial charge in [-0.05, 0) is 47.4 Å². The topological polar surface area (TPSA) is 65.4 Å². The minimum atomic E-state index is -0.0780. The fraction of sp³-hybridized carbons (Fsp3) is 0.167. The molecule has 0 aliphatic carbocycles. The molecule has 1 atom stereocenters. The molecule has 110 valence electrons. The van der Waals surface area contributed by atoms with Crippen LogP contribution in [0.15, 0.2) is 48.7 Å². The van der Waals surface area contributed by atoms with E-state index in [1.165, 1.54) is 0 Å². The summed E-state index contributed by atoms with van der Waals surface area (Å²) in [6.45, 7) is 0.832. The lowest BCUT2D eigenvalue weighted by molar-refractivity contribution is 0.400. The summed E-state index contributed by atoms with van der Waals surface area (Å²) >= 11 is 0. The molecule has 0 radical (unpaired) electrons. The number of nitrogens with one attached hydrogen (secondary N) is 1. The third kappa shape index (κ3) is 2.00. The van der Waals surface area contributed by atoms with E-state index >= 15 is 0 Å². The number of hydrogen-bond acceptors (Lipinski definition) is 4. The van der Waals surface area contributed by atoms with E-state index in [9.17, 15) is 10.2 Å². The van der Waals surface area contributed by atoms with Gasteiger partial charge in [-0.2, -0.15) is 0 Å². The van der Waals surface area contributed by atoms with E-state index in [2.05, 4.69) is 16.4 Å². The van der Waals surface area contributed by atoms with Crippen molar-refractivity contribution in [1.29, 1.82) is 0 Å². The molecule has 4 rings (SSSR count). The largest absolute Gasteiger partial charge is 0.504 e. The number of nitrogens with zero attached hydrogens (tertiary/aromatic N) is 1. The van der Waals surface area contributed by atoms with Crippen LogP contribution in [-0.2, 0) is 6.42 Å². The van der Waals surface area contributed by atoms with E-state index in [0.717, 1.165) is 40.6 Å². The first kappa shape index (κ1) is 13.1. The van der Waals surface area contributed by atoms with E-state index in [4.69, 9.17) is 0 Å². The van der Waals surface area contributed by atoms with Crippen LogP contribution in [0, 0.1) is 0 Å². The van der Waals surface area contributed by atoms with E-state index in [-0.39, 0.29) is 17.5 Å². The molecule has 1 aliphatic rings. The third-order valence-electron chi connectivity index (χ3n) is 4.28. The summed E-state index contributed by atoms with van der Waals surface area (Å²) in [6.07, 6.45) is 2.65. The van der Waals surface area contributed by atoms with E-state index in [0.29, 0.717) is 0 Å². The number of hydrogen-bond donors (Lipinski definition) is 3. The summed E-state index contributed by atoms with van der Waals surface area (Å²) in [5.74, 6) is -0.134.